The molecule has 1 unspecified atom stereocenters. The van der Waals surface area contributed by atoms with Crippen molar-refractivity contribution >= 4 is 34.3 Å². The number of nitrogens with zero attached hydrogens (tertiary/aromatic N) is 6. The van der Waals surface area contributed by atoms with E-state index < -0.39 is 5.92 Å². The quantitative estimate of drug-likeness (QED) is 0.495. The number of benzene rings is 1. The van der Waals surface area contributed by atoms with Gasteiger partial charge in [-0.2, -0.15) is 15.3 Å². The van der Waals surface area contributed by atoms with Crippen molar-refractivity contribution in [3.63, 3.8) is 0 Å². The molecule has 0 spiro atoms. The Labute approximate surface area is 189 Å². The normalized spacial score (nSPS) is 17.7. The third-order valence-electron chi connectivity index (χ3n) is 6.33. The second-order valence-corrected chi connectivity index (χ2v) is 8.42. The number of hydrogen-bond acceptors (Lipinski definition) is 7. The van der Waals surface area contributed by atoms with Crippen molar-refractivity contribution in [2.45, 2.75) is 37.6 Å². The SMILES string of the molecule is N#Cc1ccc2c(c1)C(c1nc(Nc3cccnc3)nc3nn(C4CCCC4)cc13)C(=O)N2. The van der Waals surface area contributed by atoms with Crippen LogP contribution in [-0.4, -0.2) is 30.6 Å². The van der Waals surface area contributed by atoms with Crippen LogP contribution in [-0.2, 0) is 4.79 Å². The number of hydrogen-bond donors (Lipinski definition) is 2. The minimum atomic E-state index is -0.658. The van der Waals surface area contributed by atoms with E-state index in [1.165, 1.54) is 12.8 Å². The van der Waals surface area contributed by atoms with Gasteiger partial charge in [-0.05, 0) is 48.7 Å². The van der Waals surface area contributed by atoms with Crippen LogP contribution in [0.4, 0.5) is 17.3 Å². The van der Waals surface area contributed by atoms with E-state index in [1.807, 2.05) is 23.0 Å². The maximum atomic E-state index is 13.1. The molecule has 6 rings (SSSR count). The van der Waals surface area contributed by atoms with Gasteiger partial charge >= 0.3 is 0 Å². The molecule has 9 heteroatoms. The molecule has 1 atom stereocenters. The molecule has 1 amide bonds. The average Bonchev–Trinajstić information content (AvgIpc) is 3.57. The third kappa shape index (κ3) is 3.36. The van der Waals surface area contributed by atoms with Gasteiger partial charge in [0.2, 0.25) is 11.9 Å². The Bertz CT molecular complexity index is 1420. The number of carbonyl (C=O) groups excluding carboxylic acids is 1. The predicted molar refractivity (Wildman–Crippen MR) is 122 cm³/mol. The molecule has 4 heterocycles. The van der Waals surface area contributed by atoms with Gasteiger partial charge in [0.1, 0.15) is 5.92 Å². The molecule has 0 saturated heterocycles. The van der Waals surface area contributed by atoms with Gasteiger partial charge in [-0.3, -0.25) is 14.5 Å². The van der Waals surface area contributed by atoms with Crippen molar-refractivity contribution in [3.8, 4) is 6.07 Å². The molecule has 4 aromatic rings. The van der Waals surface area contributed by atoms with Crippen LogP contribution in [0.25, 0.3) is 11.0 Å². The zero-order valence-corrected chi connectivity index (χ0v) is 17.7. The molecule has 1 fully saturated rings. The summed E-state index contributed by atoms with van der Waals surface area (Å²) in [5.41, 5.74) is 3.77. The lowest BCUT2D eigenvalue weighted by molar-refractivity contribution is -0.116. The molecule has 0 bridgehead atoms. The number of amides is 1. The van der Waals surface area contributed by atoms with Crippen molar-refractivity contribution in [1.29, 1.82) is 5.26 Å². The molecular weight excluding hydrogens is 416 g/mol. The largest absolute Gasteiger partial charge is 0.325 e. The fraction of sp³-hybridized carbons (Fsp3) is 0.250. The van der Waals surface area contributed by atoms with Crippen LogP contribution in [0.15, 0.2) is 48.9 Å². The van der Waals surface area contributed by atoms with Crippen molar-refractivity contribution in [2.24, 2.45) is 0 Å². The van der Waals surface area contributed by atoms with Crippen LogP contribution >= 0.6 is 0 Å². The van der Waals surface area contributed by atoms with Crippen LogP contribution in [0.2, 0.25) is 0 Å². The van der Waals surface area contributed by atoms with Gasteiger partial charge in [-0.25, -0.2) is 4.98 Å². The minimum Gasteiger partial charge on any atom is -0.325 e. The zero-order valence-electron chi connectivity index (χ0n) is 17.7. The maximum Gasteiger partial charge on any atom is 0.238 e. The Balaban J connectivity index is 1.52. The molecule has 2 N–H and O–H groups in total. The van der Waals surface area contributed by atoms with Crippen LogP contribution in [0.5, 0.6) is 0 Å². The molecule has 162 valence electrons. The van der Waals surface area contributed by atoms with E-state index in [9.17, 15) is 10.1 Å². The number of nitriles is 1. The maximum absolute atomic E-state index is 13.1. The lowest BCUT2D eigenvalue weighted by Gasteiger charge is -2.12. The second-order valence-electron chi connectivity index (χ2n) is 8.42. The Kier molecular flexibility index (Phi) is 4.50. The number of fused-ring (bicyclic) bond motifs is 2. The van der Waals surface area contributed by atoms with Crippen molar-refractivity contribution in [2.75, 3.05) is 10.6 Å². The highest BCUT2D eigenvalue weighted by atomic mass is 16.2. The first-order chi connectivity index (χ1) is 16.2. The summed E-state index contributed by atoms with van der Waals surface area (Å²) < 4.78 is 1.98. The van der Waals surface area contributed by atoms with Gasteiger partial charge in [-0.1, -0.05) is 12.8 Å². The summed E-state index contributed by atoms with van der Waals surface area (Å²) in [7, 11) is 0. The van der Waals surface area contributed by atoms with Gasteiger partial charge in [0.05, 0.1) is 40.6 Å². The first-order valence-corrected chi connectivity index (χ1v) is 11.0. The lowest BCUT2D eigenvalue weighted by atomic mass is 9.94. The topological polar surface area (TPSA) is 121 Å². The molecule has 1 saturated carbocycles. The molecule has 1 aliphatic carbocycles. The molecule has 9 nitrogen and oxygen atoms in total. The Hall–Kier alpha value is -4.32. The number of carbonyl (C=O) groups is 1. The lowest BCUT2D eigenvalue weighted by Crippen LogP contribution is -2.16. The Morgan fingerprint density at radius 3 is 2.85 bits per heavy atom. The number of pyridine rings is 1. The van der Waals surface area contributed by atoms with E-state index in [1.54, 1.807) is 30.6 Å². The average molecular weight is 436 g/mol. The monoisotopic (exact) mass is 436 g/mol. The molecule has 1 aromatic carbocycles. The third-order valence-corrected chi connectivity index (χ3v) is 6.33. The van der Waals surface area contributed by atoms with Gasteiger partial charge in [0, 0.05) is 18.1 Å². The van der Waals surface area contributed by atoms with E-state index >= 15 is 0 Å². The Morgan fingerprint density at radius 2 is 2.06 bits per heavy atom. The molecular formula is C24H20N8O. The number of aromatic nitrogens is 5. The summed E-state index contributed by atoms with van der Waals surface area (Å²) in [5, 5.41) is 21.0. The fourth-order valence-electron chi connectivity index (χ4n) is 4.75. The number of rotatable bonds is 4. The van der Waals surface area contributed by atoms with E-state index in [0.717, 1.165) is 29.5 Å². The second kappa shape index (κ2) is 7.67. The van der Waals surface area contributed by atoms with Gasteiger partial charge in [0.25, 0.3) is 0 Å². The predicted octanol–water partition coefficient (Wildman–Crippen LogP) is 4.04. The van der Waals surface area contributed by atoms with Crippen molar-refractivity contribution < 1.29 is 4.79 Å². The van der Waals surface area contributed by atoms with Gasteiger partial charge in [-0.15, -0.1) is 0 Å². The van der Waals surface area contributed by atoms with Crippen molar-refractivity contribution in [1.82, 2.24) is 24.7 Å². The standard InChI is InChI=1S/C24H20N8O/c25-11-14-7-8-19-17(10-14)20(23(33)28-19)21-18-13-32(16-5-1-2-6-16)31-22(18)30-24(29-21)27-15-4-3-9-26-12-15/h3-4,7-10,12-13,16,20H,1-2,5-6H2,(H,28,33)(H,27,30,31). The highest BCUT2D eigenvalue weighted by molar-refractivity contribution is 6.06. The van der Waals surface area contributed by atoms with E-state index in [4.69, 9.17) is 10.1 Å². The molecule has 0 radical (unpaired) electrons. The van der Waals surface area contributed by atoms with Gasteiger partial charge < -0.3 is 10.6 Å². The van der Waals surface area contributed by atoms with Crippen LogP contribution in [0.3, 0.4) is 0 Å². The Morgan fingerprint density at radius 1 is 1.18 bits per heavy atom. The minimum absolute atomic E-state index is 0.180. The van der Waals surface area contributed by atoms with Crippen LogP contribution in [0.1, 0.15) is 54.5 Å². The summed E-state index contributed by atoms with van der Waals surface area (Å²) in [5.74, 6) is -0.490. The summed E-state index contributed by atoms with van der Waals surface area (Å²) in [6.07, 6.45) is 9.86. The summed E-state index contributed by atoms with van der Waals surface area (Å²) in [4.78, 5) is 26.6. The van der Waals surface area contributed by atoms with E-state index in [-0.39, 0.29) is 5.91 Å². The first kappa shape index (κ1) is 19.4. The summed E-state index contributed by atoms with van der Waals surface area (Å²) >= 11 is 0. The molecule has 3 aromatic heterocycles. The highest BCUT2D eigenvalue weighted by Crippen LogP contribution is 2.40. The zero-order chi connectivity index (χ0) is 22.4. The molecule has 1 aliphatic heterocycles. The van der Waals surface area contributed by atoms with Crippen LogP contribution < -0.4 is 10.6 Å². The van der Waals surface area contributed by atoms with E-state index in [0.29, 0.717) is 34.6 Å². The molecule has 2 aliphatic rings. The molecule has 33 heavy (non-hydrogen) atoms. The smallest absolute Gasteiger partial charge is 0.238 e. The van der Waals surface area contributed by atoms with Crippen LogP contribution in [0, 0.1) is 11.3 Å². The number of nitrogens with one attached hydrogen (secondary N) is 2. The van der Waals surface area contributed by atoms with E-state index in [2.05, 4.69) is 26.7 Å². The fourth-order valence-corrected chi connectivity index (χ4v) is 4.75. The summed E-state index contributed by atoms with van der Waals surface area (Å²) in [6, 6.07) is 11.4. The van der Waals surface area contributed by atoms with Gasteiger partial charge in [0.15, 0.2) is 5.65 Å². The first-order valence-electron chi connectivity index (χ1n) is 11.0. The highest BCUT2D eigenvalue weighted by Gasteiger charge is 2.36. The number of anilines is 3. The van der Waals surface area contributed by atoms with Crippen molar-refractivity contribution in [3.05, 3.63) is 65.7 Å². The summed E-state index contributed by atoms with van der Waals surface area (Å²) in [6.45, 7) is 0.